The van der Waals surface area contributed by atoms with Crippen LogP contribution in [0.2, 0.25) is 0 Å². The van der Waals surface area contributed by atoms with Gasteiger partial charge in [0.25, 0.3) is 0 Å². The lowest BCUT2D eigenvalue weighted by Gasteiger charge is -2.18. The van der Waals surface area contributed by atoms with E-state index in [2.05, 4.69) is 20.8 Å². The molecule has 0 amide bonds. The van der Waals surface area contributed by atoms with Crippen molar-refractivity contribution in [3.8, 4) is 5.75 Å². The Labute approximate surface area is 155 Å². The topological polar surface area (TPSA) is 69.4 Å². The molecule has 0 atom stereocenters. The Kier molecular flexibility index (Phi) is 6.70. The number of hydrogen-bond donors (Lipinski definition) is 1. The molecule has 4 heteroatoms. The van der Waals surface area contributed by atoms with E-state index in [4.69, 9.17) is 10.5 Å². The van der Waals surface area contributed by atoms with E-state index in [0.717, 1.165) is 12.0 Å². The van der Waals surface area contributed by atoms with E-state index in [1.165, 1.54) is 0 Å². The van der Waals surface area contributed by atoms with Crippen molar-refractivity contribution in [2.24, 2.45) is 5.73 Å². The number of ether oxygens (including phenoxy) is 1. The van der Waals surface area contributed by atoms with Gasteiger partial charge in [0.05, 0.1) is 13.0 Å². The van der Waals surface area contributed by atoms with Crippen molar-refractivity contribution < 1.29 is 14.3 Å². The van der Waals surface area contributed by atoms with Crippen LogP contribution in [0.15, 0.2) is 48.5 Å². The number of carbonyl (C=O) groups is 2. The van der Waals surface area contributed by atoms with Gasteiger partial charge < -0.3 is 10.5 Å². The highest BCUT2D eigenvalue weighted by molar-refractivity contribution is 6.13. The van der Waals surface area contributed by atoms with Crippen LogP contribution in [0.3, 0.4) is 0 Å². The highest BCUT2D eigenvalue weighted by atomic mass is 16.5. The smallest absolute Gasteiger partial charge is 0.170 e. The Morgan fingerprint density at radius 3 is 1.85 bits per heavy atom. The van der Waals surface area contributed by atoms with Crippen LogP contribution >= 0.6 is 0 Å². The summed E-state index contributed by atoms with van der Waals surface area (Å²) in [6.45, 7) is 7.49. The van der Waals surface area contributed by atoms with Crippen LogP contribution in [0.25, 0.3) is 0 Å². The lowest BCUT2D eigenvalue weighted by atomic mass is 9.86. The average molecular weight is 353 g/mol. The second kappa shape index (κ2) is 8.77. The molecule has 0 spiro atoms. The summed E-state index contributed by atoms with van der Waals surface area (Å²) in [5.41, 5.74) is 7.69. The second-order valence-corrected chi connectivity index (χ2v) is 7.37. The quantitative estimate of drug-likeness (QED) is 0.439. The number of ketones is 2. The average Bonchev–Trinajstić information content (AvgIpc) is 2.62. The van der Waals surface area contributed by atoms with E-state index >= 15 is 0 Å². The van der Waals surface area contributed by atoms with Gasteiger partial charge in [0.15, 0.2) is 11.6 Å². The molecule has 0 aliphatic heterocycles. The Balaban J connectivity index is 1.97. The summed E-state index contributed by atoms with van der Waals surface area (Å²) in [6, 6.07) is 14.4. The first-order valence-electron chi connectivity index (χ1n) is 8.91. The van der Waals surface area contributed by atoms with E-state index in [-0.39, 0.29) is 23.4 Å². The summed E-state index contributed by atoms with van der Waals surface area (Å²) in [7, 11) is 0. The lowest BCUT2D eigenvalue weighted by Crippen LogP contribution is -2.12. The zero-order chi connectivity index (χ0) is 19.2. The van der Waals surface area contributed by atoms with Crippen molar-refractivity contribution >= 4 is 11.6 Å². The minimum atomic E-state index is -0.191. The van der Waals surface area contributed by atoms with E-state index in [0.29, 0.717) is 30.0 Å². The Morgan fingerprint density at radius 1 is 0.885 bits per heavy atom. The zero-order valence-electron chi connectivity index (χ0n) is 15.7. The Bertz CT molecular complexity index is 740. The molecule has 0 aromatic heterocycles. The number of carbonyl (C=O) groups excluding carboxylic acids is 2. The fraction of sp³-hybridized carbons (Fsp3) is 0.364. The highest BCUT2D eigenvalue weighted by Gasteiger charge is 2.16. The monoisotopic (exact) mass is 353 g/mol. The normalized spacial score (nSPS) is 11.2. The van der Waals surface area contributed by atoms with Crippen molar-refractivity contribution in [3.05, 3.63) is 65.2 Å². The molecule has 138 valence electrons. The van der Waals surface area contributed by atoms with E-state index in [1.807, 2.05) is 12.1 Å². The lowest BCUT2D eigenvalue weighted by molar-refractivity contribution is 0.0894. The van der Waals surface area contributed by atoms with Gasteiger partial charge in [-0.3, -0.25) is 9.59 Å². The molecule has 0 aliphatic rings. The third-order valence-electron chi connectivity index (χ3n) is 4.19. The zero-order valence-corrected chi connectivity index (χ0v) is 15.7. The number of hydrogen-bond acceptors (Lipinski definition) is 4. The summed E-state index contributed by atoms with van der Waals surface area (Å²) in [5, 5.41) is 0. The number of nitrogens with two attached hydrogens (primary N) is 1. The first kappa shape index (κ1) is 19.9. The van der Waals surface area contributed by atoms with Gasteiger partial charge in [-0.1, -0.05) is 45.0 Å². The van der Waals surface area contributed by atoms with Gasteiger partial charge >= 0.3 is 0 Å². The minimum absolute atomic E-state index is 0.0331. The molecule has 0 fully saturated rings. The predicted molar refractivity (Wildman–Crippen MR) is 104 cm³/mol. The first-order valence-corrected chi connectivity index (χ1v) is 8.91. The molecular weight excluding hydrogens is 326 g/mol. The van der Waals surface area contributed by atoms with Crippen molar-refractivity contribution in [2.45, 2.75) is 39.0 Å². The maximum Gasteiger partial charge on any atom is 0.170 e. The highest BCUT2D eigenvalue weighted by Crippen LogP contribution is 2.23. The molecule has 2 rings (SSSR count). The molecule has 2 aromatic carbocycles. The summed E-state index contributed by atoms with van der Waals surface area (Å²) in [6.07, 6.45) is 0.644. The minimum Gasteiger partial charge on any atom is -0.494 e. The molecule has 0 saturated carbocycles. The van der Waals surface area contributed by atoms with Gasteiger partial charge in [0.2, 0.25) is 0 Å². The fourth-order valence-corrected chi connectivity index (χ4v) is 2.52. The summed E-state index contributed by atoms with van der Waals surface area (Å²) in [5.74, 6) is 0.334. The van der Waals surface area contributed by atoms with E-state index < -0.39 is 0 Å². The summed E-state index contributed by atoms with van der Waals surface area (Å²) < 4.78 is 5.51. The summed E-state index contributed by atoms with van der Waals surface area (Å²) >= 11 is 0. The summed E-state index contributed by atoms with van der Waals surface area (Å²) in [4.78, 5) is 24.7. The Morgan fingerprint density at radius 2 is 1.38 bits per heavy atom. The molecule has 4 nitrogen and oxygen atoms in total. The molecule has 2 N–H and O–H groups in total. The van der Waals surface area contributed by atoms with Crippen molar-refractivity contribution in [1.82, 2.24) is 0 Å². The van der Waals surface area contributed by atoms with Crippen molar-refractivity contribution in [1.29, 1.82) is 0 Å². The second-order valence-electron chi connectivity index (χ2n) is 7.37. The van der Waals surface area contributed by atoms with Crippen molar-refractivity contribution in [3.63, 3.8) is 0 Å². The van der Waals surface area contributed by atoms with E-state index in [1.54, 1.807) is 36.4 Å². The van der Waals surface area contributed by atoms with Crippen molar-refractivity contribution in [2.75, 3.05) is 13.2 Å². The van der Waals surface area contributed by atoms with Gasteiger partial charge in [-0.05, 0) is 48.2 Å². The molecule has 0 aliphatic carbocycles. The number of rotatable bonds is 8. The van der Waals surface area contributed by atoms with Gasteiger partial charge in [0, 0.05) is 11.1 Å². The number of Topliss-reactive ketones (excluding diaryl/α,β-unsaturated/α-hetero) is 2. The van der Waals surface area contributed by atoms with E-state index in [9.17, 15) is 9.59 Å². The molecule has 0 heterocycles. The molecule has 0 bridgehead atoms. The maximum absolute atomic E-state index is 12.4. The first-order chi connectivity index (χ1) is 12.3. The number of benzene rings is 2. The molecule has 0 unspecified atom stereocenters. The molecular formula is C22H27NO3. The SMILES string of the molecule is CC(C)(C)c1ccc(C(=O)CC(=O)c2ccc(OCCCN)cc2)cc1. The molecule has 0 saturated heterocycles. The largest absolute Gasteiger partial charge is 0.494 e. The standard InChI is InChI=1S/C22H27NO3/c1-22(2,3)18-9-5-16(6-10-18)20(24)15-21(25)17-7-11-19(12-8-17)26-14-4-13-23/h5-12H,4,13-15,23H2,1-3H3. The predicted octanol–water partition coefficient (Wildman–Crippen LogP) is 4.17. The fourth-order valence-electron chi connectivity index (χ4n) is 2.52. The van der Waals surface area contributed by atoms with Crippen LogP contribution in [-0.4, -0.2) is 24.7 Å². The molecule has 0 radical (unpaired) electrons. The van der Waals surface area contributed by atoms with Crippen LogP contribution in [0.5, 0.6) is 5.75 Å². The van der Waals surface area contributed by atoms with Crippen LogP contribution in [-0.2, 0) is 5.41 Å². The van der Waals surface area contributed by atoms with Gasteiger partial charge in [-0.2, -0.15) is 0 Å². The molecule has 26 heavy (non-hydrogen) atoms. The van der Waals surface area contributed by atoms with Crippen LogP contribution in [0.1, 0.15) is 59.9 Å². The van der Waals surface area contributed by atoms with Crippen LogP contribution in [0, 0.1) is 0 Å². The van der Waals surface area contributed by atoms with Crippen LogP contribution < -0.4 is 10.5 Å². The maximum atomic E-state index is 12.4. The van der Waals surface area contributed by atoms with Crippen LogP contribution in [0.4, 0.5) is 0 Å². The molecule has 2 aromatic rings. The third-order valence-corrected chi connectivity index (χ3v) is 4.19. The van der Waals surface area contributed by atoms with Gasteiger partial charge in [-0.15, -0.1) is 0 Å². The Hall–Kier alpha value is -2.46. The van der Waals surface area contributed by atoms with Gasteiger partial charge in [-0.25, -0.2) is 0 Å². The van der Waals surface area contributed by atoms with Gasteiger partial charge in [0.1, 0.15) is 5.75 Å². The third kappa shape index (κ3) is 5.53.